The molecule has 0 unspecified atom stereocenters. The third kappa shape index (κ3) is 4.59. The summed E-state index contributed by atoms with van der Waals surface area (Å²) in [6.07, 6.45) is 3.14. The van der Waals surface area contributed by atoms with Crippen molar-refractivity contribution in [1.29, 1.82) is 0 Å². The van der Waals surface area contributed by atoms with Gasteiger partial charge in [0.25, 0.3) is 5.91 Å². The smallest absolute Gasteiger partial charge is 0.272 e. The molecule has 0 spiro atoms. The van der Waals surface area contributed by atoms with Crippen LogP contribution in [0.5, 0.6) is 28.7 Å². The van der Waals surface area contributed by atoms with Gasteiger partial charge >= 0.3 is 0 Å². The van der Waals surface area contributed by atoms with Crippen LogP contribution in [-0.4, -0.2) is 54.8 Å². The maximum atomic E-state index is 13.1. The molecule has 1 aliphatic heterocycles. The summed E-state index contributed by atoms with van der Waals surface area (Å²) in [4.78, 5) is 19.3. The standard InChI is InChI=1S/C25H30N4O5/c1-28-23(26)14-21(33-4)24(28)16-9-11-29(12-10-16)25(30)19-13-20(32-3)22(15-27-19)34-18-7-5-17(31-2)6-8-18/h5-8,13-16H,9-12,26H2,1-4H3. The molecule has 180 valence electrons. The third-order valence-corrected chi connectivity index (χ3v) is 6.23. The number of rotatable bonds is 7. The Morgan fingerprint density at radius 3 is 2.21 bits per heavy atom. The van der Waals surface area contributed by atoms with Gasteiger partial charge in [-0.1, -0.05) is 0 Å². The predicted molar refractivity (Wildman–Crippen MR) is 128 cm³/mol. The average molecular weight is 467 g/mol. The maximum Gasteiger partial charge on any atom is 0.272 e. The van der Waals surface area contributed by atoms with Crippen molar-refractivity contribution >= 4 is 11.7 Å². The van der Waals surface area contributed by atoms with E-state index in [0.29, 0.717) is 41.8 Å². The minimum Gasteiger partial charge on any atom is -0.497 e. The lowest BCUT2D eigenvalue weighted by atomic mass is 9.92. The molecule has 0 radical (unpaired) electrons. The number of nitrogens with zero attached hydrogens (tertiary/aromatic N) is 3. The molecule has 2 aromatic heterocycles. The number of ether oxygens (including phenoxy) is 4. The third-order valence-electron chi connectivity index (χ3n) is 6.23. The van der Waals surface area contributed by atoms with Crippen molar-refractivity contribution in [2.45, 2.75) is 18.8 Å². The number of carbonyl (C=O) groups excluding carboxylic acids is 1. The van der Waals surface area contributed by atoms with Gasteiger partial charge in [0.05, 0.1) is 33.2 Å². The van der Waals surface area contributed by atoms with E-state index in [2.05, 4.69) is 4.98 Å². The number of amides is 1. The van der Waals surface area contributed by atoms with E-state index in [1.165, 1.54) is 13.3 Å². The number of hydrogen-bond donors (Lipinski definition) is 1. The average Bonchev–Trinajstić information content (AvgIpc) is 3.17. The van der Waals surface area contributed by atoms with Crippen LogP contribution in [0.15, 0.2) is 42.6 Å². The van der Waals surface area contributed by atoms with Crippen LogP contribution in [0, 0.1) is 0 Å². The minimum absolute atomic E-state index is 0.133. The van der Waals surface area contributed by atoms with E-state index < -0.39 is 0 Å². The van der Waals surface area contributed by atoms with Crippen molar-refractivity contribution in [2.75, 3.05) is 40.2 Å². The first kappa shape index (κ1) is 23.3. The number of hydrogen-bond acceptors (Lipinski definition) is 7. The van der Waals surface area contributed by atoms with Gasteiger partial charge in [-0.05, 0) is 37.1 Å². The highest BCUT2D eigenvalue weighted by Crippen LogP contribution is 2.37. The normalized spacial score (nSPS) is 14.1. The molecule has 0 aliphatic carbocycles. The topological polar surface area (TPSA) is 101 Å². The molecule has 0 saturated carbocycles. The zero-order valence-corrected chi connectivity index (χ0v) is 19.9. The fraction of sp³-hybridized carbons (Fsp3) is 0.360. The van der Waals surface area contributed by atoms with Gasteiger partial charge in [0.2, 0.25) is 0 Å². The van der Waals surface area contributed by atoms with E-state index in [9.17, 15) is 4.79 Å². The molecule has 3 heterocycles. The van der Waals surface area contributed by atoms with Gasteiger partial charge in [-0.25, -0.2) is 4.98 Å². The Morgan fingerprint density at radius 1 is 0.941 bits per heavy atom. The lowest BCUT2D eigenvalue weighted by Crippen LogP contribution is -2.38. The molecule has 0 atom stereocenters. The largest absolute Gasteiger partial charge is 0.497 e. The van der Waals surface area contributed by atoms with E-state index in [0.717, 1.165) is 30.0 Å². The lowest BCUT2D eigenvalue weighted by Gasteiger charge is -2.32. The molecular formula is C25H30N4O5. The molecule has 1 aromatic carbocycles. The molecule has 2 N–H and O–H groups in total. The number of nitrogens with two attached hydrogens (primary N) is 1. The van der Waals surface area contributed by atoms with Crippen LogP contribution in [0.4, 0.5) is 5.82 Å². The lowest BCUT2D eigenvalue weighted by molar-refractivity contribution is 0.0704. The van der Waals surface area contributed by atoms with Gasteiger partial charge in [0.15, 0.2) is 11.5 Å². The van der Waals surface area contributed by atoms with Crippen LogP contribution >= 0.6 is 0 Å². The SMILES string of the molecule is COc1ccc(Oc2cnc(C(=O)N3CCC(c4c(OC)cc(N)n4C)CC3)cc2OC)cc1. The van der Waals surface area contributed by atoms with E-state index >= 15 is 0 Å². The van der Waals surface area contributed by atoms with Gasteiger partial charge in [-0.15, -0.1) is 0 Å². The van der Waals surface area contributed by atoms with Gasteiger partial charge in [0.1, 0.15) is 28.8 Å². The fourth-order valence-electron chi connectivity index (χ4n) is 4.31. The molecular weight excluding hydrogens is 436 g/mol. The molecule has 1 saturated heterocycles. The second-order valence-electron chi connectivity index (χ2n) is 8.15. The molecule has 9 heteroatoms. The van der Waals surface area contributed by atoms with Crippen LogP contribution in [-0.2, 0) is 7.05 Å². The molecule has 1 fully saturated rings. The molecule has 34 heavy (non-hydrogen) atoms. The first-order chi connectivity index (χ1) is 16.4. The number of pyridine rings is 1. The molecule has 1 amide bonds. The highest BCUT2D eigenvalue weighted by atomic mass is 16.5. The van der Waals surface area contributed by atoms with Crippen molar-refractivity contribution in [1.82, 2.24) is 14.5 Å². The fourth-order valence-corrected chi connectivity index (χ4v) is 4.31. The maximum absolute atomic E-state index is 13.1. The number of piperidine rings is 1. The number of carbonyl (C=O) groups is 1. The summed E-state index contributed by atoms with van der Waals surface area (Å²) in [6.45, 7) is 1.23. The zero-order valence-electron chi connectivity index (χ0n) is 19.9. The minimum atomic E-state index is -0.133. The molecule has 4 rings (SSSR count). The van der Waals surface area contributed by atoms with Crippen molar-refractivity contribution in [3.63, 3.8) is 0 Å². The number of benzene rings is 1. The second kappa shape index (κ2) is 9.94. The number of likely N-dealkylation sites (tertiary alicyclic amines) is 1. The summed E-state index contributed by atoms with van der Waals surface area (Å²) < 4.78 is 24.0. The Balaban J connectivity index is 1.44. The highest BCUT2D eigenvalue weighted by Gasteiger charge is 2.29. The summed E-state index contributed by atoms with van der Waals surface area (Å²) in [5.41, 5.74) is 7.45. The Labute approximate surface area is 199 Å². The highest BCUT2D eigenvalue weighted by molar-refractivity contribution is 5.93. The van der Waals surface area contributed by atoms with Crippen LogP contribution < -0.4 is 24.7 Å². The van der Waals surface area contributed by atoms with Crippen molar-refractivity contribution in [2.24, 2.45) is 7.05 Å². The van der Waals surface area contributed by atoms with E-state index in [1.54, 1.807) is 44.6 Å². The van der Waals surface area contributed by atoms with Gasteiger partial charge < -0.3 is 34.1 Å². The van der Waals surface area contributed by atoms with Crippen LogP contribution in [0.1, 0.15) is 34.9 Å². The first-order valence-corrected chi connectivity index (χ1v) is 11.1. The van der Waals surface area contributed by atoms with Crippen LogP contribution in [0.25, 0.3) is 0 Å². The Hall–Kier alpha value is -3.88. The molecule has 3 aromatic rings. The molecule has 1 aliphatic rings. The number of methoxy groups -OCH3 is 3. The predicted octanol–water partition coefficient (Wildman–Crippen LogP) is 3.84. The van der Waals surface area contributed by atoms with Crippen molar-refractivity contribution in [3.05, 3.63) is 54.0 Å². The van der Waals surface area contributed by atoms with E-state index in [1.807, 2.05) is 22.6 Å². The Kier molecular flexibility index (Phi) is 6.81. The monoisotopic (exact) mass is 466 g/mol. The summed E-state index contributed by atoms with van der Waals surface area (Å²) in [6, 6.07) is 10.6. The first-order valence-electron chi connectivity index (χ1n) is 11.1. The van der Waals surface area contributed by atoms with Gasteiger partial charge in [-0.2, -0.15) is 0 Å². The van der Waals surface area contributed by atoms with Gasteiger partial charge in [-0.3, -0.25) is 4.79 Å². The summed E-state index contributed by atoms with van der Waals surface area (Å²) in [5.74, 6) is 3.80. The van der Waals surface area contributed by atoms with Crippen molar-refractivity contribution in [3.8, 4) is 28.7 Å². The van der Waals surface area contributed by atoms with Gasteiger partial charge in [0, 0.05) is 38.2 Å². The number of nitrogen functional groups attached to an aromatic ring is 1. The summed E-state index contributed by atoms with van der Waals surface area (Å²) >= 11 is 0. The molecule has 0 bridgehead atoms. The van der Waals surface area contributed by atoms with E-state index in [-0.39, 0.29) is 11.8 Å². The second-order valence-corrected chi connectivity index (χ2v) is 8.15. The Morgan fingerprint density at radius 2 is 1.59 bits per heavy atom. The number of anilines is 1. The van der Waals surface area contributed by atoms with Crippen molar-refractivity contribution < 1.29 is 23.7 Å². The number of aromatic nitrogens is 2. The Bertz CT molecular complexity index is 1150. The van der Waals surface area contributed by atoms with Crippen LogP contribution in [0.3, 0.4) is 0 Å². The molecule has 9 nitrogen and oxygen atoms in total. The summed E-state index contributed by atoms with van der Waals surface area (Å²) in [7, 11) is 6.73. The quantitative estimate of drug-likeness (QED) is 0.565. The zero-order chi connectivity index (χ0) is 24.2. The summed E-state index contributed by atoms with van der Waals surface area (Å²) in [5, 5.41) is 0. The van der Waals surface area contributed by atoms with Crippen LogP contribution in [0.2, 0.25) is 0 Å². The van der Waals surface area contributed by atoms with E-state index in [4.69, 9.17) is 24.7 Å².